The summed E-state index contributed by atoms with van der Waals surface area (Å²) in [6.07, 6.45) is 8.89. The molecule has 0 bridgehead atoms. The predicted molar refractivity (Wildman–Crippen MR) is 75.8 cm³/mol. The fourth-order valence-corrected chi connectivity index (χ4v) is 1.74. The second-order valence-electron chi connectivity index (χ2n) is 4.34. The number of carbonyl (C=O) groups excluding carboxylic acids is 1. The Morgan fingerprint density at radius 3 is 2.90 bits per heavy atom. The number of nitrogens with zero attached hydrogens (tertiary/aromatic N) is 3. The van der Waals surface area contributed by atoms with Crippen LogP contribution in [0.1, 0.15) is 23.3 Å². The van der Waals surface area contributed by atoms with Gasteiger partial charge in [0.2, 0.25) is 0 Å². The van der Waals surface area contributed by atoms with E-state index in [1.54, 1.807) is 24.7 Å². The minimum Gasteiger partial charge on any atom is -0.351 e. The number of hydrazine groups is 1. The quantitative estimate of drug-likeness (QED) is 0.393. The van der Waals surface area contributed by atoms with Crippen molar-refractivity contribution in [2.75, 3.05) is 12.0 Å². The lowest BCUT2D eigenvalue weighted by molar-refractivity contribution is 0.0948. The lowest BCUT2D eigenvalue weighted by Crippen LogP contribution is -2.25. The Labute approximate surface area is 117 Å². The molecule has 0 radical (unpaired) electrons. The first kappa shape index (κ1) is 14.0. The van der Waals surface area contributed by atoms with E-state index < -0.39 is 0 Å². The van der Waals surface area contributed by atoms with Crippen molar-refractivity contribution in [2.45, 2.75) is 19.4 Å². The van der Waals surface area contributed by atoms with Crippen molar-refractivity contribution in [2.24, 2.45) is 5.84 Å². The van der Waals surface area contributed by atoms with Crippen LogP contribution in [0, 0.1) is 0 Å². The van der Waals surface area contributed by atoms with E-state index in [0.717, 1.165) is 19.4 Å². The third-order valence-electron chi connectivity index (χ3n) is 2.85. The second kappa shape index (κ2) is 7.25. The van der Waals surface area contributed by atoms with E-state index >= 15 is 0 Å². The number of aromatic nitrogens is 3. The van der Waals surface area contributed by atoms with E-state index in [-0.39, 0.29) is 5.91 Å². The summed E-state index contributed by atoms with van der Waals surface area (Å²) in [5, 5.41) is 2.84. The van der Waals surface area contributed by atoms with Gasteiger partial charge in [0, 0.05) is 25.5 Å². The molecule has 0 aliphatic rings. The van der Waals surface area contributed by atoms with E-state index in [1.165, 1.54) is 6.20 Å². The summed E-state index contributed by atoms with van der Waals surface area (Å²) in [5.74, 6) is 5.06. The molecule has 20 heavy (non-hydrogen) atoms. The van der Waals surface area contributed by atoms with E-state index in [2.05, 4.69) is 20.7 Å². The SMILES string of the molecule is NNc1ccc(C(=O)NCCCCn2ccnc2)nc1. The van der Waals surface area contributed by atoms with Crippen molar-refractivity contribution in [1.29, 1.82) is 0 Å². The van der Waals surface area contributed by atoms with E-state index in [0.29, 0.717) is 17.9 Å². The van der Waals surface area contributed by atoms with Crippen molar-refractivity contribution in [3.8, 4) is 0 Å². The number of unbranched alkanes of at least 4 members (excludes halogenated alkanes) is 1. The largest absolute Gasteiger partial charge is 0.351 e. The maximum atomic E-state index is 11.8. The van der Waals surface area contributed by atoms with Gasteiger partial charge in [0.05, 0.1) is 18.2 Å². The van der Waals surface area contributed by atoms with Crippen molar-refractivity contribution in [3.63, 3.8) is 0 Å². The fourth-order valence-electron chi connectivity index (χ4n) is 1.74. The van der Waals surface area contributed by atoms with Crippen LogP contribution in [-0.4, -0.2) is 27.0 Å². The van der Waals surface area contributed by atoms with Gasteiger partial charge in [-0.15, -0.1) is 0 Å². The van der Waals surface area contributed by atoms with Gasteiger partial charge in [-0.05, 0) is 25.0 Å². The van der Waals surface area contributed by atoms with E-state index in [4.69, 9.17) is 5.84 Å². The van der Waals surface area contributed by atoms with Gasteiger partial charge in [0.25, 0.3) is 5.91 Å². The van der Waals surface area contributed by atoms with E-state index in [1.807, 2.05) is 10.8 Å². The molecule has 0 unspecified atom stereocenters. The van der Waals surface area contributed by atoms with Crippen LogP contribution < -0.4 is 16.6 Å². The van der Waals surface area contributed by atoms with Crippen molar-refractivity contribution in [3.05, 3.63) is 42.7 Å². The Hall–Kier alpha value is -2.41. The summed E-state index contributed by atoms with van der Waals surface area (Å²) in [5.41, 5.74) is 3.52. The molecule has 1 amide bonds. The Morgan fingerprint density at radius 2 is 2.25 bits per heavy atom. The first-order valence-electron chi connectivity index (χ1n) is 6.46. The zero-order chi connectivity index (χ0) is 14.2. The summed E-state index contributed by atoms with van der Waals surface area (Å²) in [6.45, 7) is 1.54. The average molecular weight is 274 g/mol. The highest BCUT2D eigenvalue weighted by molar-refractivity contribution is 5.92. The smallest absolute Gasteiger partial charge is 0.269 e. The minimum atomic E-state index is -0.170. The first-order valence-corrected chi connectivity index (χ1v) is 6.46. The lowest BCUT2D eigenvalue weighted by Gasteiger charge is -2.06. The van der Waals surface area contributed by atoms with Gasteiger partial charge in [-0.3, -0.25) is 10.6 Å². The van der Waals surface area contributed by atoms with E-state index in [9.17, 15) is 4.79 Å². The van der Waals surface area contributed by atoms with Gasteiger partial charge in [-0.1, -0.05) is 0 Å². The Balaban J connectivity index is 1.66. The normalized spacial score (nSPS) is 10.2. The fraction of sp³-hybridized carbons (Fsp3) is 0.308. The summed E-state index contributed by atoms with van der Waals surface area (Å²) in [4.78, 5) is 19.8. The molecule has 0 atom stereocenters. The molecule has 7 nitrogen and oxygen atoms in total. The van der Waals surface area contributed by atoms with Crippen LogP contribution in [-0.2, 0) is 6.54 Å². The second-order valence-corrected chi connectivity index (χ2v) is 4.34. The molecule has 0 saturated carbocycles. The number of nitrogens with two attached hydrogens (primary N) is 1. The maximum Gasteiger partial charge on any atom is 0.269 e. The molecule has 0 fully saturated rings. The number of hydrogen-bond acceptors (Lipinski definition) is 5. The van der Waals surface area contributed by atoms with Gasteiger partial charge in [0.1, 0.15) is 5.69 Å². The topological polar surface area (TPSA) is 97.9 Å². The third kappa shape index (κ3) is 4.06. The number of nitrogens with one attached hydrogen (secondary N) is 2. The summed E-state index contributed by atoms with van der Waals surface area (Å²) in [7, 11) is 0. The number of pyridine rings is 1. The number of imidazole rings is 1. The lowest BCUT2D eigenvalue weighted by atomic mass is 10.3. The molecule has 106 valence electrons. The number of aryl methyl sites for hydroxylation is 1. The van der Waals surface area contributed by atoms with Crippen molar-refractivity contribution >= 4 is 11.6 Å². The molecule has 0 aliphatic carbocycles. The number of carbonyl (C=O) groups is 1. The zero-order valence-electron chi connectivity index (χ0n) is 11.1. The number of nitrogen functional groups attached to an aromatic ring is 1. The average Bonchev–Trinajstić information content (AvgIpc) is 3.00. The number of rotatable bonds is 7. The highest BCUT2D eigenvalue weighted by Gasteiger charge is 2.05. The van der Waals surface area contributed by atoms with Crippen LogP contribution >= 0.6 is 0 Å². The number of anilines is 1. The Bertz CT molecular complexity index is 522. The van der Waals surface area contributed by atoms with Crippen molar-refractivity contribution in [1.82, 2.24) is 19.9 Å². The zero-order valence-corrected chi connectivity index (χ0v) is 11.1. The molecule has 2 heterocycles. The van der Waals surface area contributed by atoms with Crippen LogP contribution in [0.4, 0.5) is 5.69 Å². The summed E-state index contributed by atoms with van der Waals surface area (Å²) >= 11 is 0. The van der Waals surface area contributed by atoms with Crippen LogP contribution in [0.2, 0.25) is 0 Å². The minimum absolute atomic E-state index is 0.170. The Kier molecular flexibility index (Phi) is 5.08. The van der Waals surface area contributed by atoms with Crippen LogP contribution in [0.15, 0.2) is 37.1 Å². The molecule has 0 saturated heterocycles. The predicted octanol–water partition coefficient (Wildman–Crippen LogP) is 0.774. The molecule has 2 rings (SSSR count). The molecule has 2 aromatic rings. The highest BCUT2D eigenvalue weighted by Crippen LogP contribution is 2.04. The maximum absolute atomic E-state index is 11.8. The van der Waals surface area contributed by atoms with Gasteiger partial charge in [-0.25, -0.2) is 9.97 Å². The summed E-state index contributed by atoms with van der Waals surface area (Å²) in [6, 6.07) is 3.34. The standard InChI is InChI=1S/C13H18N6O/c14-18-11-3-4-12(17-9-11)13(20)16-5-1-2-7-19-8-6-15-10-19/h3-4,6,8-10,18H,1-2,5,7,14H2,(H,16,20). The summed E-state index contributed by atoms with van der Waals surface area (Å²) < 4.78 is 2.02. The van der Waals surface area contributed by atoms with Gasteiger partial charge >= 0.3 is 0 Å². The Morgan fingerprint density at radius 1 is 1.35 bits per heavy atom. The molecule has 7 heteroatoms. The third-order valence-corrected chi connectivity index (χ3v) is 2.85. The molecule has 2 aromatic heterocycles. The van der Waals surface area contributed by atoms with Gasteiger partial charge in [-0.2, -0.15) is 0 Å². The highest BCUT2D eigenvalue weighted by atomic mass is 16.1. The van der Waals surface area contributed by atoms with Crippen LogP contribution in [0.3, 0.4) is 0 Å². The molecule has 0 aromatic carbocycles. The first-order chi connectivity index (χ1) is 9.79. The number of hydrogen-bond donors (Lipinski definition) is 3. The van der Waals surface area contributed by atoms with Crippen LogP contribution in [0.5, 0.6) is 0 Å². The van der Waals surface area contributed by atoms with Crippen molar-refractivity contribution < 1.29 is 4.79 Å². The molecular weight excluding hydrogens is 256 g/mol. The monoisotopic (exact) mass is 274 g/mol. The number of amides is 1. The molecule has 4 N–H and O–H groups in total. The van der Waals surface area contributed by atoms with Gasteiger partial charge < -0.3 is 15.3 Å². The molecule has 0 aliphatic heterocycles. The molecule has 0 spiro atoms. The van der Waals surface area contributed by atoms with Crippen LogP contribution in [0.25, 0.3) is 0 Å². The molecular formula is C13H18N6O. The van der Waals surface area contributed by atoms with Gasteiger partial charge in [0.15, 0.2) is 0 Å².